The molecule has 0 fully saturated rings. The monoisotopic (exact) mass is 676 g/mol. The second-order valence-electron chi connectivity index (χ2n) is 14.5. The van der Waals surface area contributed by atoms with Gasteiger partial charge in [0.15, 0.2) is 5.82 Å². The first-order valence-electron chi connectivity index (χ1n) is 18.3. The van der Waals surface area contributed by atoms with Gasteiger partial charge in [0.1, 0.15) is 0 Å². The summed E-state index contributed by atoms with van der Waals surface area (Å²) in [6.07, 6.45) is 0. The second kappa shape index (κ2) is 12.3. The van der Waals surface area contributed by atoms with E-state index in [9.17, 15) is 0 Å². The summed E-state index contributed by atoms with van der Waals surface area (Å²) in [5.41, 5.74) is 15.0. The zero-order valence-electron chi connectivity index (χ0n) is 29.7. The lowest BCUT2D eigenvalue weighted by atomic mass is 9.81. The summed E-state index contributed by atoms with van der Waals surface area (Å²) in [4.78, 5) is 10.7. The molecule has 53 heavy (non-hydrogen) atoms. The van der Waals surface area contributed by atoms with Crippen LogP contribution in [0.4, 0.5) is 0 Å². The van der Waals surface area contributed by atoms with Crippen LogP contribution in [-0.4, -0.2) is 9.97 Å². The minimum atomic E-state index is -0.148. The van der Waals surface area contributed by atoms with E-state index in [-0.39, 0.29) is 5.41 Å². The van der Waals surface area contributed by atoms with Crippen LogP contribution in [0.1, 0.15) is 25.0 Å². The number of fused-ring (bicyclic) bond motifs is 5. The molecule has 1 aliphatic carbocycles. The molecule has 1 aromatic heterocycles. The summed E-state index contributed by atoms with van der Waals surface area (Å²) in [6.45, 7) is 4.70. The average molecular weight is 677 g/mol. The molecule has 0 N–H and O–H groups in total. The van der Waals surface area contributed by atoms with Crippen LogP contribution in [-0.2, 0) is 5.41 Å². The Balaban J connectivity index is 1.20. The van der Waals surface area contributed by atoms with Crippen molar-refractivity contribution in [3.8, 4) is 67.3 Å². The fourth-order valence-electron chi connectivity index (χ4n) is 8.47. The highest BCUT2D eigenvalue weighted by Gasteiger charge is 2.37. The Labute approximate surface area is 310 Å². The maximum atomic E-state index is 5.34. The van der Waals surface area contributed by atoms with Gasteiger partial charge in [-0.2, -0.15) is 0 Å². The molecule has 0 aliphatic heterocycles. The van der Waals surface area contributed by atoms with Gasteiger partial charge in [-0.15, -0.1) is 0 Å². The van der Waals surface area contributed by atoms with Gasteiger partial charge in [0.05, 0.1) is 11.4 Å². The van der Waals surface area contributed by atoms with Crippen molar-refractivity contribution < 1.29 is 0 Å². The summed E-state index contributed by atoms with van der Waals surface area (Å²) in [5.74, 6) is 0.717. The van der Waals surface area contributed by atoms with Crippen molar-refractivity contribution in [1.82, 2.24) is 9.97 Å². The summed E-state index contributed by atoms with van der Waals surface area (Å²) < 4.78 is 0. The highest BCUT2D eigenvalue weighted by molar-refractivity contribution is 6.07. The summed E-state index contributed by atoms with van der Waals surface area (Å²) in [6, 6.07) is 65.4. The first-order chi connectivity index (χ1) is 26.0. The Morgan fingerprint density at radius 1 is 0.358 bits per heavy atom. The van der Waals surface area contributed by atoms with Crippen LogP contribution in [0.15, 0.2) is 182 Å². The Hall–Kier alpha value is -6.64. The van der Waals surface area contributed by atoms with Crippen LogP contribution in [0.25, 0.3) is 88.8 Å². The Kier molecular flexibility index (Phi) is 7.19. The van der Waals surface area contributed by atoms with Gasteiger partial charge >= 0.3 is 0 Å². The number of benzene rings is 8. The summed E-state index contributed by atoms with van der Waals surface area (Å²) in [7, 11) is 0. The lowest BCUT2D eigenvalue weighted by Gasteiger charge is -2.22. The maximum absolute atomic E-state index is 5.34. The van der Waals surface area contributed by atoms with E-state index in [0.717, 1.165) is 33.5 Å². The van der Waals surface area contributed by atoms with Crippen molar-refractivity contribution in [3.63, 3.8) is 0 Å². The highest BCUT2D eigenvalue weighted by Crippen LogP contribution is 2.53. The summed E-state index contributed by atoms with van der Waals surface area (Å²) in [5, 5.41) is 4.87. The highest BCUT2D eigenvalue weighted by atomic mass is 14.9. The van der Waals surface area contributed by atoms with E-state index in [2.05, 4.69) is 190 Å². The minimum Gasteiger partial charge on any atom is -0.228 e. The van der Waals surface area contributed by atoms with Crippen LogP contribution in [0.5, 0.6) is 0 Å². The smallest absolute Gasteiger partial charge is 0.160 e. The van der Waals surface area contributed by atoms with E-state index in [0.29, 0.717) is 5.82 Å². The molecule has 9 aromatic rings. The van der Waals surface area contributed by atoms with Crippen molar-refractivity contribution in [2.24, 2.45) is 0 Å². The van der Waals surface area contributed by atoms with Crippen molar-refractivity contribution >= 4 is 21.5 Å². The van der Waals surface area contributed by atoms with E-state index in [1.165, 1.54) is 60.7 Å². The van der Waals surface area contributed by atoms with E-state index in [4.69, 9.17) is 9.97 Å². The number of nitrogens with zero attached hydrogens (tertiary/aromatic N) is 2. The molecule has 0 bridgehead atoms. The fourth-order valence-corrected chi connectivity index (χ4v) is 8.47. The van der Waals surface area contributed by atoms with Gasteiger partial charge in [-0.1, -0.05) is 178 Å². The molecule has 0 unspecified atom stereocenters. The number of hydrogen-bond donors (Lipinski definition) is 0. The van der Waals surface area contributed by atoms with Crippen molar-refractivity contribution in [2.45, 2.75) is 19.3 Å². The molecule has 10 rings (SSSR count). The molecular formula is C51H36N2. The molecule has 0 saturated heterocycles. The zero-order chi connectivity index (χ0) is 35.5. The number of aromatic nitrogens is 2. The van der Waals surface area contributed by atoms with E-state index < -0.39 is 0 Å². The molecule has 0 amide bonds. The SMILES string of the molecule is CC1(C)c2cc3ccccc3cc2-c2c(-c3cc(-c4ccc(-c5ccccc5-c5ccccc5)c5ccccc45)nc(-c4ccccc4)n3)cccc21. The molecule has 0 saturated carbocycles. The van der Waals surface area contributed by atoms with Crippen molar-refractivity contribution in [2.75, 3.05) is 0 Å². The average Bonchev–Trinajstić information content (AvgIpc) is 3.45. The third-order valence-electron chi connectivity index (χ3n) is 11.1. The second-order valence-corrected chi connectivity index (χ2v) is 14.5. The molecule has 0 spiro atoms. The third kappa shape index (κ3) is 5.10. The van der Waals surface area contributed by atoms with Crippen LogP contribution >= 0.6 is 0 Å². The van der Waals surface area contributed by atoms with E-state index in [1.807, 2.05) is 6.07 Å². The topological polar surface area (TPSA) is 25.8 Å². The largest absolute Gasteiger partial charge is 0.228 e. The van der Waals surface area contributed by atoms with Gasteiger partial charge in [-0.05, 0) is 84.3 Å². The normalized spacial score (nSPS) is 12.9. The van der Waals surface area contributed by atoms with Crippen LogP contribution < -0.4 is 0 Å². The molecule has 0 radical (unpaired) electrons. The van der Waals surface area contributed by atoms with Crippen LogP contribution in [0.2, 0.25) is 0 Å². The number of hydrogen-bond acceptors (Lipinski definition) is 2. The maximum Gasteiger partial charge on any atom is 0.160 e. The number of rotatable bonds is 5. The predicted octanol–water partition coefficient (Wildman–Crippen LogP) is 13.4. The van der Waals surface area contributed by atoms with Gasteiger partial charge in [0, 0.05) is 22.1 Å². The molecule has 2 nitrogen and oxygen atoms in total. The Morgan fingerprint density at radius 2 is 0.906 bits per heavy atom. The minimum absolute atomic E-state index is 0.148. The fraction of sp³-hybridized carbons (Fsp3) is 0.0588. The van der Waals surface area contributed by atoms with Crippen molar-refractivity contribution in [1.29, 1.82) is 0 Å². The Bertz CT molecular complexity index is 2850. The molecule has 8 aromatic carbocycles. The Morgan fingerprint density at radius 3 is 1.64 bits per heavy atom. The van der Waals surface area contributed by atoms with Gasteiger partial charge in [-0.25, -0.2) is 9.97 Å². The van der Waals surface area contributed by atoms with Crippen molar-refractivity contribution in [3.05, 3.63) is 193 Å². The standard InChI is InChI=1S/C51H36N2/c1-51(2)45-27-15-26-43(49(45)44-30-35-20-9-10-21-36(35)31-46(44)51)48-32-47(52-50(53-48)34-18-7-4-8-19-34)42-29-28-41(39-24-13-14-25-40(39)42)38-23-12-11-22-37(38)33-16-5-3-6-17-33/h3-32H,1-2H3. The quantitative estimate of drug-likeness (QED) is 0.181. The third-order valence-corrected chi connectivity index (χ3v) is 11.1. The van der Waals surface area contributed by atoms with Gasteiger partial charge in [-0.3, -0.25) is 0 Å². The van der Waals surface area contributed by atoms with Gasteiger partial charge < -0.3 is 0 Å². The van der Waals surface area contributed by atoms with Crippen LogP contribution in [0, 0.1) is 0 Å². The molecule has 1 heterocycles. The van der Waals surface area contributed by atoms with E-state index in [1.54, 1.807) is 0 Å². The summed E-state index contributed by atoms with van der Waals surface area (Å²) >= 11 is 0. The van der Waals surface area contributed by atoms with Gasteiger partial charge in [0.25, 0.3) is 0 Å². The molecule has 2 heteroatoms. The molecular weight excluding hydrogens is 641 g/mol. The lowest BCUT2D eigenvalue weighted by Crippen LogP contribution is -2.14. The van der Waals surface area contributed by atoms with E-state index >= 15 is 0 Å². The predicted molar refractivity (Wildman–Crippen MR) is 222 cm³/mol. The van der Waals surface area contributed by atoms with Gasteiger partial charge in [0.2, 0.25) is 0 Å². The first-order valence-corrected chi connectivity index (χ1v) is 18.3. The van der Waals surface area contributed by atoms with Crippen LogP contribution in [0.3, 0.4) is 0 Å². The zero-order valence-corrected chi connectivity index (χ0v) is 29.7. The first kappa shape index (κ1) is 31.1. The molecule has 0 atom stereocenters. The molecule has 250 valence electrons. The molecule has 1 aliphatic rings. The lowest BCUT2D eigenvalue weighted by molar-refractivity contribution is 0.661.